The van der Waals surface area contributed by atoms with Crippen LogP contribution in [0.4, 0.5) is 5.00 Å². The molecule has 2 rings (SSSR count). The molecule has 0 saturated carbocycles. The van der Waals surface area contributed by atoms with Crippen molar-refractivity contribution in [2.24, 2.45) is 0 Å². The van der Waals surface area contributed by atoms with Crippen molar-refractivity contribution in [3.8, 4) is 0 Å². The van der Waals surface area contributed by atoms with Crippen molar-refractivity contribution in [2.75, 3.05) is 25.0 Å². The summed E-state index contributed by atoms with van der Waals surface area (Å²) in [6.07, 6.45) is 1.57. The second-order valence-corrected chi connectivity index (χ2v) is 6.84. The average molecular weight is 367 g/mol. The van der Waals surface area contributed by atoms with Gasteiger partial charge in [0.1, 0.15) is 0 Å². The molecule has 0 radical (unpaired) electrons. The number of benzene rings is 1. The number of nitrogens with zero attached hydrogens (tertiary/aromatic N) is 2. The maximum atomic E-state index is 12.3. The van der Waals surface area contributed by atoms with Gasteiger partial charge in [0.25, 0.3) is 0 Å². The zero-order valence-corrected chi connectivity index (χ0v) is 16.3. The Labute approximate surface area is 155 Å². The van der Waals surface area contributed by atoms with Gasteiger partial charge in [0.05, 0.1) is 5.00 Å². The van der Waals surface area contributed by atoms with E-state index in [-0.39, 0.29) is 24.4 Å². The van der Waals surface area contributed by atoms with Crippen LogP contribution in [-0.2, 0) is 11.2 Å². The van der Waals surface area contributed by atoms with Crippen molar-refractivity contribution in [3.05, 3.63) is 53.4 Å². The maximum absolute atomic E-state index is 12.3. The third-order valence-corrected chi connectivity index (χ3v) is 4.82. The molecular formula is C19H27ClN2OS. The van der Waals surface area contributed by atoms with Gasteiger partial charge in [0.2, 0.25) is 5.91 Å². The van der Waals surface area contributed by atoms with Crippen LogP contribution in [0.25, 0.3) is 0 Å². The normalized spacial score (nSPS) is 11.8. The molecule has 0 spiro atoms. The zero-order chi connectivity index (χ0) is 16.7. The minimum absolute atomic E-state index is 0. The molecule has 0 aliphatic carbocycles. The van der Waals surface area contributed by atoms with E-state index in [0.717, 1.165) is 24.5 Å². The molecule has 1 unspecified atom stereocenters. The highest BCUT2D eigenvalue weighted by molar-refractivity contribution is 7.14. The summed E-state index contributed by atoms with van der Waals surface area (Å²) in [7, 11) is 2.13. The van der Waals surface area contributed by atoms with Crippen LogP contribution in [-0.4, -0.2) is 37.0 Å². The van der Waals surface area contributed by atoms with E-state index in [0.29, 0.717) is 6.42 Å². The van der Waals surface area contributed by atoms with E-state index in [4.69, 9.17) is 0 Å². The molecule has 0 N–H and O–H groups in total. The molecule has 2 aromatic rings. The lowest BCUT2D eigenvalue weighted by Crippen LogP contribution is -2.44. The van der Waals surface area contributed by atoms with E-state index in [9.17, 15) is 4.79 Å². The van der Waals surface area contributed by atoms with E-state index >= 15 is 0 Å². The summed E-state index contributed by atoms with van der Waals surface area (Å²) in [4.78, 5) is 16.6. The van der Waals surface area contributed by atoms with Gasteiger partial charge in [0.15, 0.2) is 0 Å². The van der Waals surface area contributed by atoms with Crippen molar-refractivity contribution >= 4 is 34.7 Å². The van der Waals surface area contributed by atoms with Crippen LogP contribution < -0.4 is 4.90 Å². The first-order valence-electron chi connectivity index (χ1n) is 8.19. The van der Waals surface area contributed by atoms with E-state index in [1.165, 1.54) is 5.56 Å². The topological polar surface area (TPSA) is 23.6 Å². The van der Waals surface area contributed by atoms with Crippen LogP contribution in [0, 0.1) is 0 Å². The molecule has 24 heavy (non-hydrogen) atoms. The Morgan fingerprint density at radius 3 is 2.46 bits per heavy atom. The average Bonchev–Trinajstić information content (AvgIpc) is 3.08. The first-order valence-corrected chi connectivity index (χ1v) is 9.07. The molecule has 1 amide bonds. The first kappa shape index (κ1) is 20.7. The van der Waals surface area contributed by atoms with Crippen LogP contribution in [0.15, 0.2) is 47.8 Å². The lowest BCUT2D eigenvalue weighted by atomic mass is 10.1. The largest absolute Gasteiger partial charge is 0.304 e. The Bertz CT molecular complexity index is 589. The van der Waals surface area contributed by atoms with Crippen molar-refractivity contribution in [2.45, 2.75) is 32.7 Å². The fraction of sp³-hybridized carbons (Fsp3) is 0.421. The Morgan fingerprint density at radius 1 is 1.17 bits per heavy atom. The first-order chi connectivity index (χ1) is 11.1. The fourth-order valence-electron chi connectivity index (χ4n) is 2.75. The van der Waals surface area contributed by atoms with Gasteiger partial charge in [-0.3, -0.25) is 9.69 Å². The highest BCUT2D eigenvalue weighted by atomic mass is 35.5. The van der Waals surface area contributed by atoms with E-state index in [1.807, 2.05) is 35.4 Å². The second kappa shape index (κ2) is 10.5. The number of carbonyl (C=O) groups excluding carboxylic acids is 1. The van der Waals surface area contributed by atoms with Gasteiger partial charge in [0, 0.05) is 25.6 Å². The molecule has 0 fully saturated rings. The van der Waals surface area contributed by atoms with Crippen molar-refractivity contribution in [3.63, 3.8) is 0 Å². The number of amides is 1. The Morgan fingerprint density at radius 2 is 1.88 bits per heavy atom. The molecule has 1 atom stereocenters. The summed E-state index contributed by atoms with van der Waals surface area (Å²) in [5, 5.41) is 3.07. The molecule has 3 nitrogen and oxygen atoms in total. The summed E-state index contributed by atoms with van der Waals surface area (Å²) >= 11 is 1.63. The Kier molecular flexibility index (Phi) is 9.04. The maximum Gasteiger partial charge on any atom is 0.227 e. The Hall–Kier alpha value is -1.36. The third-order valence-electron chi connectivity index (χ3n) is 3.96. The van der Waals surface area contributed by atoms with Gasteiger partial charge < -0.3 is 4.90 Å². The summed E-state index contributed by atoms with van der Waals surface area (Å²) < 4.78 is 0. The van der Waals surface area contributed by atoms with Crippen molar-refractivity contribution in [1.82, 2.24) is 4.90 Å². The molecule has 0 saturated heterocycles. The van der Waals surface area contributed by atoms with E-state index in [1.54, 1.807) is 11.3 Å². The standard InChI is InChI=1S/C19H26N2OS.ClH/c1-4-18(22)21(19-11-8-14-23-19)16(2)15-20(3)13-12-17-9-6-5-7-10-17;/h5-11,14,16H,4,12-13,15H2,1-3H3;1H. The van der Waals surface area contributed by atoms with Crippen molar-refractivity contribution in [1.29, 1.82) is 0 Å². The summed E-state index contributed by atoms with van der Waals surface area (Å²) in [5.41, 5.74) is 1.35. The van der Waals surface area contributed by atoms with Crippen LogP contribution in [0.2, 0.25) is 0 Å². The monoisotopic (exact) mass is 366 g/mol. The number of thiophene rings is 1. The lowest BCUT2D eigenvalue weighted by Gasteiger charge is -2.31. The van der Waals surface area contributed by atoms with Crippen LogP contribution >= 0.6 is 23.7 Å². The summed E-state index contributed by atoms with van der Waals surface area (Å²) in [6, 6.07) is 14.7. The number of likely N-dealkylation sites (N-methyl/N-ethyl adjacent to an activating group) is 1. The molecule has 0 bridgehead atoms. The van der Waals surface area contributed by atoms with Gasteiger partial charge in [-0.2, -0.15) is 0 Å². The van der Waals surface area contributed by atoms with Crippen LogP contribution in [0.3, 0.4) is 0 Å². The quantitative estimate of drug-likeness (QED) is 0.687. The van der Waals surface area contributed by atoms with Gasteiger partial charge >= 0.3 is 0 Å². The van der Waals surface area contributed by atoms with Gasteiger partial charge in [-0.25, -0.2) is 0 Å². The SMILES string of the molecule is CCC(=O)N(c1cccs1)C(C)CN(C)CCc1ccccc1.Cl. The molecule has 1 aromatic heterocycles. The van der Waals surface area contributed by atoms with Gasteiger partial charge in [-0.1, -0.05) is 37.3 Å². The molecule has 132 valence electrons. The number of hydrogen-bond acceptors (Lipinski definition) is 3. The molecule has 0 aliphatic rings. The minimum atomic E-state index is 0. The summed E-state index contributed by atoms with van der Waals surface area (Å²) in [6.45, 7) is 5.92. The molecule has 0 aliphatic heterocycles. The second-order valence-electron chi connectivity index (χ2n) is 5.92. The highest BCUT2D eigenvalue weighted by Gasteiger charge is 2.22. The molecule has 5 heteroatoms. The fourth-order valence-corrected chi connectivity index (χ4v) is 3.60. The number of halogens is 1. The molecular weight excluding hydrogens is 340 g/mol. The van der Waals surface area contributed by atoms with Crippen LogP contribution in [0.1, 0.15) is 25.8 Å². The van der Waals surface area contributed by atoms with Crippen molar-refractivity contribution < 1.29 is 4.79 Å². The molecule has 1 heterocycles. The van der Waals surface area contributed by atoms with E-state index in [2.05, 4.69) is 43.1 Å². The highest BCUT2D eigenvalue weighted by Crippen LogP contribution is 2.24. The number of carbonyl (C=O) groups is 1. The van der Waals surface area contributed by atoms with Crippen LogP contribution in [0.5, 0.6) is 0 Å². The predicted octanol–water partition coefficient (Wildman–Crippen LogP) is 4.48. The van der Waals surface area contributed by atoms with Gasteiger partial charge in [-0.15, -0.1) is 23.7 Å². The number of anilines is 1. The summed E-state index contributed by atoms with van der Waals surface area (Å²) in [5.74, 6) is 0.191. The minimum Gasteiger partial charge on any atom is -0.304 e. The number of rotatable bonds is 8. The zero-order valence-electron chi connectivity index (χ0n) is 14.6. The molecule has 1 aromatic carbocycles. The predicted molar refractivity (Wildman–Crippen MR) is 106 cm³/mol. The Balaban J connectivity index is 0.00000288. The van der Waals surface area contributed by atoms with E-state index < -0.39 is 0 Å². The van der Waals surface area contributed by atoms with Gasteiger partial charge in [-0.05, 0) is 43.5 Å². The third kappa shape index (κ3) is 5.93. The number of hydrogen-bond donors (Lipinski definition) is 0. The smallest absolute Gasteiger partial charge is 0.227 e. The lowest BCUT2D eigenvalue weighted by molar-refractivity contribution is -0.118.